The van der Waals surface area contributed by atoms with Crippen molar-refractivity contribution in [2.45, 2.75) is 45.4 Å². The van der Waals surface area contributed by atoms with Gasteiger partial charge in [-0.2, -0.15) is 0 Å². The van der Waals surface area contributed by atoms with E-state index in [0.29, 0.717) is 6.54 Å². The molecule has 1 saturated heterocycles. The Morgan fingerprint density at radius 1 is 1.04 bits per heavy atom. The van der Waals surface area contributed by atoms with Crippen LogP contribution in [0.4, 0.5) is 5.69 Å². The number of hydrogen-bond acceptors (Lipinski definition) is 4. The zero-order valence-corrected chi connectivity index (χ0v) is 15.6. The van der Waals surface area contributed by atoms with E-state index in [0.717, 1.165) is 16.7 Å². The van der Waals surface area contributed by atoms with Crippen molar-refractivity contribution in [2.75, 3.05) is 5.32 Å². The molecule has 5 nitrogen and oxygen atoms in total. The molecule has 3 rings (SSSR count). The van der Waals surface area contributed by atoms with Gasteiger partial charge in [-0.3, -0.25) is 0 Å². The summed E-state index contributed by atoms with van der Waals surface area (Å²) in [6.07, 6.45) is 0. The third-order valence-corrected chi connectivity index (χ3v) is 5.10. The SMILES string of the molecule is CC1(C)OB(c2cccc(CNc3ccc(C(=O)O)cc3)c2)OC1(C)C. The first-order chi connectivity index (χ1) is 12.2. The van der Waals surface area contributed by atoms with Crippen molar-refractivity contribution in [3.63, 3.8) is 0 Å². The van der Waals surface area contributed by atoms with Crippen molar-refractivity contribution in [1.29, 1.82) is 0 Å². The molecule has 136 valence electrons. The van der Waals surface area contributed by atoms with Crippen LogP contribution >= 0.6 is 0 Å². The molecule has 1 aliphatic rings. The van der Waals surface area contributed by atoms with Crippen LogP contribution in [0.25, 0.3) is 0 Å². The van der Waals surface area contributed by atoms with Gasteiger partial charge in [-0.05, 0) is 63.0 Å². The predicted molar refractivity (Wildman–Crippen MR) is 103 cm³/mol. The molecule has 0 saturated carbocycles. The van der Waals surface area contributed by atoms with E-state index in [-0.39, 0.29) is 23.9 Å². The molecule has 0 aromatic heterocycles. The first kappa shape index (κ1) is 18.5. The molecule has 26 heavy (non-hydrogen) atoms. The second-order valence-electron chi connectivity index (χ2n) is 7.57. The number of carboxylic acid groups (broad SMARTS) is 1. The first-order valence-electron chi connectivity index (χ1n) is 8.70. The van der Waals surface area contributed by atoms with E-state index in [2.05, 4.69) is 11.4 Å². The van der Waals surface area contributed by atoms with E-state index in [1.54, 1.807) is 24.3 Å². The smallest absolute Gasteiger partial charge is 0.478 e. The normalized spacial score (nSPS) is 17.9. The van der Waals surface area contributed by atoms with Crippen molar-refractivity contribution in [1.82, 2.24) is 0 Å². The van der Waals surface area contributed by atoms with Gasteiger partial charge < -0.3 is 19.7 Å². The molecule has 1 fully saturated rings. The van der Waals surface area contributed by atoms with Gasteiger partial charge in [0.1, 0.15) is 0 Å². The van der Waals surface area contributed by atoms with Gasteiger partial charge in [-0.1, -0.05) is 24.3 Å². The quantitative estimate of drug-likeness (QED) is 0.808. The minimum absolute atomic E-state index is 0.276. The standard InChI is InChI=1S/C20H24BNO4/c1-19(2)20(3,4)26-21(25-19)16-7-5-6-14(12-16)13-22-17-10-8-15(9-11-17)18(23)24/h5-12,22H,13H2,1-4H3,(H,23,24). The van der Waals surface area contributed by atoms with Gasteiger partial charge in [0.2, 0.25) is 0 Å². The van der Waals surface area contributed by atoms with Crippen LogP contribution < -0.4 is 10.8 Å². The fraction of sp³-hybridized carbons (Fsp3) is 0.350. The zero-order chi connectivity index (χ0) is 18.9. The van der Waals surface area contributed by atoms with Gasteiger partial charge in [0, 0.05) is 12.2 Å². The lowest BCUT2D eigenvalue weighted by Gasteiger charge is -2.32. The summed E-state index contributed by atoms with van der Waals surface area (Å²) in [5.41, 5.74) is 2.51. The highest BCUT2D eigenvalue weighted by Gasteiger charge is 2.51. The molecule has 1 heterocycles. The lowest BCUT2D eigenvalue weighted by Crippen LogP contribution is -2.41. The van der Waals surface area contributed by atoms with Crippen LogP contribution in [-0.4, -0.2) is 29.4 Å². The number of carbonyl (C=O) groups is 1. The van der Waals surface area contributed by atoms with Gasteiger partial charge >= 0.3 is 13.1 Å². The maximum atomic E-state index is 10.9. The lowest BCUT2D eigenvalue weighted by molar-refractivity contribution is 0.00578. The molecule has 2 N–H and O–H groups in total. The molecule has 0 unspecified atom stereocenters. The lowest BCUT2D eigenvalue weighted by atomic mass is 9.78. The molecule has 0 aliphatic carbocycles. The van der Waals surface area contributed by atoms with Crippen LogP contribution in [0, 0.1) is 0 Å². The predicted octanol–water partition coefficient (Wildman–Crippen LogP) is 3.30. The third kappa shape index (κ3) is 3.76. The second kappa shape index (κ2) is 6.78. The van der Waals surface area contributed by atoms with E-state index < -0.39 is 5.97 Å². The van der Waals surface area contributed by atoms with Gasteiger partial charge in [-0.25, -0.2) is 4.79 Å². The van der Waals surface area contributed by atoms with Crippen LogP contribution in [0.15, 0.2) is 48.5 Å². The van der Waals surface area contributed by atoms with Gasteiger partial charge in [-0.15, -0.1) is 0 Å². The van der Waals surface area contributed by atoms with Crippen LogP contribution in [0.5, 0.6) is 0 Å². The highest BCUT2D eigenvalue weighted by Crippen LogP contribution is 2.36. The summed E-state index contributed by atoms with van der Waals surface area (Å²) < 4.78 is 12.2. The van der Waals surface area contributed by atoms with Crippen LogP contribution in [0.2, 0.25) is 0 Å². The Kier molecular flexibility index (Phi) is 4.82. The molecular formula is C20H24BNO4. The molecule has 0 radical (unpaired) electrons. The second-order valence-corrected chi connectivity index (χ2v) is 7.57. The summed E-state index contributed by atoms with van der Waals surface area (Å²) in [4.78, 5) is 10.9. The highest BCUT2D eigenvalue weighted by molar-refractivity contribution is 6.62. The van der Waals surface area contributed by atoms with E-state index in [1.807, 2.05) is 45.9 Å². The largest absolute Gasteiger partial charge is 0.494 e. The van der Waals surface area contributed by atoms with Crippen LogP contribution in [0.3, 0.4) is 0 Å². The van der Waals surface area contributed by atoms with Crippen LogP contribution in [-0.2, 0) is 15.9 Å². The summed E-state index contributed by atoms with van der Waals surface area (Å²) in [5, 5.41) is 12.3. The number of carboxylic acids is 1. The topological polar surface area (TPSA) is 67.8 Å². The van der Waals surface area contributed by atoms with Crippen molar-refractivity contribution >= 4 is 24.2 Å². The summed E-state index contributed by atoms with van der Waals surface area (Å²) in [5.74, 6) is -0.924. The number of rotatable bonds is 5. The monoisotopic (exact) mass is 353 g/mol. The van der Waals surface area contributed by atoms with Crippen molar-refractivity contribution < 1.29 is 19.2 Å². The minimum atomic E-state index is -0.924. The van der Waals surface area contributed by atoms with E-state index >= 15 is 0 Å². The number of nitrogens with one attached hydrogen (secondary N) is 1. The molecule has 0 amide bonds. The van der Waals surface area contributed by atoms with Crippen molar-refractivity contribution in [3.8, 4) is 0 Å². The van der Waals surface area contributed by atoms with Crippen molar-refractivity contribution in [2.24, 2.45) is 0 Å². The highest BCUT2D eigenvalue weighted by atomic mass is 16.7. The number of benzene rings is 2. The maximum absolute atomic E-state index is 10.9. The van der Waals surface area contributed by atoms with Gasteiger partial charge in [0.25, 0.3) is 0 Å². The maximum Gasteiger partial charge on any atom is 0.494 e. The molecule has 0 spiro atoms. The number of hydrogen-bond donors (Lipinski definition) is 2. The molecule has 2 aromatic carbocycles. The summed E-state index contributed by atoms with van der Waals surface area (Å²) in [7, 11) is -0.380. The van der Waals surface area contributed by atoms with E-state index in [9.17, 15) is 4.79 Å². The Bertz CT molecular complexity index is 786. The molecule has 2 aromatic rings. The Labute approximate surface area is 154 Å². The minimum Gasteiger partial charge on any atom is -0.478 e. The molecule has 0 bridgehead atoms. The Morgan fingerprint density at radius 3 is 2.23 bits per heavy atom. The van der Waals surface area contributed by atoms with Crippen LogP contribution in [0.1, 0.15) is 43.6 Å². The van der Waals surface area contributed by atoms with Gasteiger partial charge in [0.05, 0.1) is 16.8 Å². The first-order valence-corrected chi connectivity index (χ1v) is 8.70. The van der Waals surface area contributed by atoms with E-state index in [1.165, 1.54) is 0 Å². The Morgan fingerprint density at radius 2 is 1.65 bits per heavy atom. The fourth-order valence-corrected chi connectivity index (χ4v) is 2.76. The average Bonchev–Trinajstić information content (AvgIpc) is 2.81. The Balaban J connectivity index is 1.67. The zero-order valence-electron chi connectivity index (χ0n) is 15.6. The van der Waals surface area contributed by atoms with Crippen molar-refractivity contribution in [3.05, 3.63) is 59.7 Å². The summed E-state index contributed by atoms with van der Waals surface area (Å²) in [6, 6.07) is 14.8. The third-order valence-electron chi connectivity index (χ3n) is 5.10. The number of anilines is 1. The summed E-state index contributed by atoms with van der Waals surface area (Å²) in [6.45, 7) is 8.79. The molecule has 6 heteroatoms. The summed E-state index contributed by atoms with van der Waals surface area (Å²) >= 11 is 0. The molecule has 1 aliphatic heterocycles. The number of aromatic carboxylic acids is 1. The molecular weight excluding hydrogens is 329 g/mol. The average molecular weight is 353 g/mol. The fourth-order valence-electron chi connectivity index (χ4n) is 2.76. The molecule has 0 atom stereocenters. The van der Waals surface area contributed by atoms with Gasteiger partial charge in [0.15, 0.2) is 0 Å². The Hall–Kier alpha value is -2.31. The van der Waals surface area contributed by atoms with E-state index in [4.69, 9.17) is 14.4 Å².